The molecule has 0 aromatic heterocycles. The molecule has 0 aromatic rings. The van der Waals surface area contributed by atoms with Crippen LogP contribution in [0, 0.1) is 11.8 Å². The van der Waals surface area contributed by atoms with Crippen LogP contribution in [0.3, 0.4) is 0 Å². The number of carbonyl (C=O) groups is 2. The first-order valence-electron chi connectivity index (χ1n) is 9.69. The van der Waals surface area contributed by atoms with Gasteiger partial charge in [0.1, 0.15) is 5.78 Å². The van der Waals surface area contributed by atoms with Crippen molar-refractivity contribution in [1.29, 1.82) is 0 Å². The predicted molar refractivity (Wildman–Crippen MR) is 106 cm³/mol. The van der Waals surface area contributed by atoms with Crippen LogP contribution < -0.4 is 0 Å². The fraction of sp³-hybridized carbons (Fsp3) is 0.545. The van der Waals surface area contributed by atoms with Crippen LogP contribution in [0.2, 0.25) is 0 Å². The Morgan fingerprint density at radius 2 is 1.78 bits per heavy atom. The van der Waals surface area contributed by atoms with Crippen LogP contribution in [0.5, 0.6) is 0 Å². The lowest BCUT2D eigenvalue weighted by atomic mass is 9.90. The minimum Gasteiger partial charge on any atom is -0.481 e. The first-order valence-corrected chi connectivity index (χ1v) is 9.69. The largest absolute Gasteiger partial charge is 0.481 e. The molecule has 0 spiro atoms. The molecule has 1 aliphatic carbocycles. The Kier molecular flexibility index (Phi) is 11.3. The van der Waals surface area contributed by atoms with Crippen LogP contribution in [0.15, 0.2) is 48.6 Å². The highest BCUT2D eigenvalue weighted by Crippen LogP contribution is 2.33. The van der Waals surface area contributed by atoms with Crippen LogP contribution in [-0.4, -0.2) is 39.3 Å². The third-order valence-corrected chi connectivity index (χ3v) is 4.67. The molecule has 5 heteroatoms. The molecule has 0 aromatic carbocycles. The van der Waals surface area contributed by atoms with Crippen LogP contribution in [0.1, 0.15) is 51.9 Å². The Labute approximate surface area is 161 Å². The van der Waals surface area contributed by atoms with Crippen molar-refractivity contribution in [3.63, 3.8) is 0 Å². The Morgan fingerprint density at radius 1 is 1.15 bits per heavy atom. The number of aliphatic carboxylic acids is 1. The van der Waals surface area contributed by atoms with Gasteiger partial charge < -0.3 is 15.3 Å². The molecule has 150 valence electrons. The Morgan fingerprint density at radius 3 is 2.41 bits per heavy atom. The fourth-order valence-corrected chi connectivity index (χ4v) is 3.03. The summed E-state index contributed by atoms with van der Waals surface area (Å²) in [6.07, 6.45) is 17.8. The zero-order chi connectivity index (χ0) is 20.1. The van der Waals surface area contributed by atoms with E-state index >= 15 is 0 Å². The van der Waals surface area contributed by atoms with E-state index in [-0.39, 0.29) is 30.5 Å². The maximum Gasteiger partial charge on any atom is 0.303 e. The average Bonchev–Trinajstić information content (AvgIpc) is 2.90. The van der Waals surface area contributed by atoms with Crippen molar-refractivity contribution in [2.75, 3.05) is 0 Å². The molecular weight excluding hydrogens is 344 g/mol. The molecule has 1 saturated carbocycles. The summed E-state index contributed by atoms with van der Waals surface area (Å²) >= 11 is 0. The van der Waals surface area contributed by atoms with Crippen molar-refractivity contribution in [2.45, 2.75) is 64.1 Å². The van der Waals surface area contributed by atoms with Crippen molar-refractivity contribution >= 4 is 11.8 Å². The number of ketones is 1. The maximum atomic E-state index is 12.0. The van der Waals surface area contributed by atoms with Crippen molar-refractivity contribution in [3.05, 3.63) is 48.6 Å². The summed E-state index contributed by atoms with van der Waals surface area (Å²) < 4.78 is 0. The number of hydrogen-bond donors (Lipinski definition) is 3. The third kappa shape index (κ3) is 9.50. The standard InChI is InChI=1S/C22H32O5/c1-2-17(23)14-15-19-18(20(24)16-21(19)25)12-10-8-6-4-3-5-7-9-11-13-22(26)27/h3-4,7-10,14-15,17-20,23-24H,2,5-6,11-13,16H2,1H3,(H,26,27)/b4-3-,9-7-,10-8-,15-14+/t17-,18+,19+,20-/m1/s1. The van der Waals surface area contributed by atoms with Crippen molar-refractivity contribution in [3.8, 4) is 0 Å². The molecule has 4 atom stereocenters. The molecular formula is C22H32O5. The lowest BCUT2D eigenvalue weighted by Crippen LogP contribution is -2.19. The van der Waals surface area contributed by atoms with E-state index < -0.39 is 18.2 Å². The summed E-state index contributed by atoms with van der Waals surface area (Å²) in [6.45, 7) is 1.87. The molecule has 1 rings (SSSR count). The molecule has 0 unspecified atom stereocenters. The Bertz CT molecular complexity index is 573. The topological polar surface area (TPSA) is 94.8 Å². The predicted octanol–water partition coefficient (Wildman–Crippen LogP) is 3.58. The number of rotatable bonds is 12. The second-order valence-corrected chi connectivity index (χ2v) is 6.84. The van der Waals surface area contributed by atoms with E-state index in [9.17, 15) is 19.8 Å². The van der Waals surface area contributed by atoms with E-state index in [1.165, 1.54) is 0 Å². The summed E-state index contributed by atoms with van der Waals surface area (Å²) in [7, 11) is 0. The van der Waals surface area contributed by atoms with Crippen molar-refractivity contribution in [1.82, 2.24) is 0 Å². The van der Waals surface area contributed by atoms with Crippen molar-refractivity contribution in [2.24, 2.45) is 11.8 Å². The number of aliphatic hydroxyl groups excluding tert-OH is 2. The SMILES string of the molecule is CC[C@@H](O)/C=C/[C@@H]1C(=O)C[C@@H](O)[C@H]1C/C=C\C/C=C\C/C=C\CCC(=O)O. The molecule has 3 N–H and O–H groups in total. The summed E-state index contributed by atoms with van der Waals surface area (Å²) in [6, 6.07) is 0. The number of Topliss-reactive ketones (excluding diaryl/α,β-unsaturated/α-hetero) is 1. The lowest BCUT2D eigenvalue weighted by Gasteiger charge is -2.16. The van der Waals surface area contributed by atoms with Crippen LogP contribution >= 0.6 is 0 Å². The van der Waals surface area contributed by atoms with Crippen LogP contribution in [-0.2, 0) is 9.59 Å². The van der Waals surface area contributed by atoms with E-state index in [0.29, 0.717) is 19.3 Å². The molecule has 1 fully saturated rings. The van der Waals surface area contributed by atoms with Gasteiger partial charge in [-0.25, -0.2) is 0 Å². The fourth-order valence-electron chi connectivity index (χ4n) is 3.03. The molecule has 0 aliphatic heterocycles. The summed E-state index contributed by atoms with van der Waals surface area (Å²) in [5.41, 5.74) is 0. The van der Waals surface area contributed by atoms with Gasteiger partial charge in [-0.05, 0) is 32.1 Å². The highest BCUT2D eigenvalue weighted by atomic mass is 16.4. The summed E-state index contributed by atoms with van der Waals surface area (Å²) in [5.74, 6) is -1.20. The van der Waals surface area contributed by atoms with E-state index in [2.05, 4.69) is 0 Å². The second kappa shape index (κ2) is 13.2. The van der Waals surface area contributed by atoms with E-state index in [4.69, 9.17) is 5.11 Å². The van der Waals surface area contributed by atoms with Crippen molar-refractivity contribution < 1.29 is 24.9 Å². The van der Waals surface area contributed by atoms with Crippen LogP contribution in [0.25, 0.3) is 0 Å². The number of aliphatic hydroxyl groups is 2. The molecule has 1 aliphatic rings. The van der Waals surface area contributed by atoms with Gasteiger partial charge in [-0.3, -0.25) is 9.59 Å². The molecule has 0 radical (unpaired) electrons. The average molecular weight is 376 g/mol. The van der Waals surface area contributed by atoms with E-state index in [1.54, 1.807) is 12.2 Å². The quantitative estimate of drug-likeness (QED) is 0.453. The smallest absolute Gasteiger partial charge is 0.303 e. The highest BCUT2D eigenvalue weighted by Gasteiger charge is 2.39. The zero-order valence-electron chi connectivity index (χ0n) is 16.0. The number of carboxylic acid groups (broad SMARTS) is 1. The van der Waals surface area contributed by atoms with Gasteiger partial charge in [-0.2, -0.15) is 0 Å². The van der Waals surface area contributed by atoms with E-state index in [1.807, 2.05) is 43.4 Å². The zero-order valence-corrected chi connectivity index (χ0v) is 16.0. The van der Waals surface area contributed by atoms with Gasteiger partial charge in [0.15, 0.2) is 0 Å². The molecule has 0 saturated heterocycles. The Balaban J connectivity index is 2.35. The van der Waals surface area contributed by atoms with Gasteiger partial charge in [0.25, 0.3) is 0 Å². The minimum absolute atomic E-state index is 0.0371. The molecule has 0 bridgehead atoms. The normalized spacial score (nSPS) is 24.9. The monoisotopic (exact) mass is 376 g/mol. The number of hydrogen-bond acceptors (Lipinski definition) is 4. The van der Waals surface area contributed by atoms with Gasteiger partial charge in [-0.15, -0.1) is 0 Å². The highest BCUT2D eigenvalue weighted by molar-refractivity contribution is 5.86. The summed E-state index contributed by atoms with van der Waals surface area (Å²) in [5, 5.41) is 28.3. The van der Waals surface area contributed by atoms with Gasteiger partial charge >= 0.3 is 5.97 Å². The third-order valence-electron chi connectivity index (χ3n) is 4.67. The number of allylic oxidation sites excluding steroid dienone is 7. The molecule has 0 amide bonds. The van der Waals surface area contributed by atoms with E-state index in [0.717, 1.165) is 12.8 Å². The van der Waals surface area contributed by atoms with Gasteiger partial charge in [0.2, 0.25) is 0 Å². The summed E-state index contributed by atoms with van der Waals surface area (Å²) in [4.78, 5) is 22.4. The minimum atomic E-state index is -0.784. The molecule has 0 heterocycles. The van der Waals surface area contributed by atoms with Gasteiger partial charge in [-0.1, -0.05) is 55.5 Å². The first kappa shape index (κ1) is 23.1. The maximum absolute atomic E-state index is 12.0. The van der Waals surface area contributed by atoms with Gasteiger partial charge in [0, 0.05) is 24.7 Å². The molecule has 27 heavy (non-hydrogen) atoms. The molecule has 5 nitrogen and oxygen atoms in total. The number of carbonyl (C=O) groups excluding carboxylic acids is 1. The van der Waals surface area contributed by atoms with Gasteiger partial charge in [0.05, 0.1) is 12.2 Å². The Hall–Kier alpha value is -1.98. The second-order valence-electron chi connectivity index (χ2n) is 6.84. The number of carboxylic acids is 1. The first-order chi connectivity index (χ1) is 13.0. The van der Waals surface area contributed by atoms with Crippen LogP contribution in [0.4, 0.5) is 0 Å². The lowest BCUT2D eigenvalue weighted by molar-refractivity contribution is -0.136.